The number of aliphatic hydroxyl groups excluding tert-OH is 1. The Morgan fingerprint density at radius 3 is 3.05 bits per heavy atom. The average Bonchev–Trinajstić information content (AvgIpc) is 2.45. The smallest absolute Gasteiger partial charge is 0.230 e. The fraction of sp³-hybridized carbons (Fsp3) is 0.929. The fourth-order valence-corrected chi connectivity index (χ4v) is 3.16. The number of likely N-dealkylation sites (tertiary alicyclic amines) is 1. The number of hydrogen-bond acceptors (Lipinski definition) is 5. The minimum atomic E-state index is -0.608. The zero-order valence-electron chi connectivity index (χ0n) is 12.3. The van der Waals surface area contributed by atoms with Crippen molar-refractivity contribution < 1.29 is 19.4 Å². The van der Waals surface area contributed by atoms with Crippen LogP contribution >= 0.6 is 0 Å². The summed E-state index contributed by atoms with van der Waals surface area (Å²) in [6.07, 6.45) is 1.86. The molecule has 6 heteroatoms. The van der Waals surface area contributed by atoms with Gasteiger partial charge < -0.3 is 19.9 Å². The van der Waals surface area contributed by atoms with E-state index in [9.17, 15) is 9.90 Å². The van der Waals surface area contributed by atoms with Crippen molar-refractivity contribution in [2.24, 2.45) is 5.41 Å². The van der Waals surface area contributed by atoms with Gasteiger partial charge in [0.25, 0.3) is 0 Å². The van der Waals surface area contributed by atoms with Crippen molar-refractivity contribution in [2.75, 3.05) is 53.1 Å². The van der Waals surface area contributed by atoms with Gasteiger partial charge in [-0.15, -0.1) is 0 Å². The molecule has 0 unspecified atom stereocenters. The minimum Gasteiger partial charge on any atom is -0.392 e. The first-order valence-corrected chi connectivity index (χ1v) is 7.44. The second-order valence-electron chi connectivity index (χ2n) is 5.70. The lowest BCUT2D eigenvalue weighted by atomic mass is 9.71. The van der Waals surface area contributed by atoms with Crippen LogP contribution < -0.4 is 5.32 Å². The van der Waals surface area contributed by atoms with E-state index in [1.807, 2.05) is 0 Å². The summed E-state index contributed by atoms with van der Waals surface area (Å²) in [5, 5.41) is 13.2. The lowest BCUT2D eigenvalue weighted by Crippen LogP contribution is -2.61. The van der Waals surface area contributed by atoms with Crippen molar-refractivity contribution >= 4 is 5.91 Å². The molecule has 0 radical (unpaired) electrons. The van der Waals surface area contributed by atoms with Gasteiger partial charge >= 0.3 is 0 Å². The van der Waals surface area contributed by atoms with Crippen LogP contribution in [0.15, 0.2) is 0 Å². The number of aliphatic hydroxyl groups is 1. The predicted molar refractivity (Wildman–Crippen MR) is 74.4 cm³/mol. The Labute approximate surface area is 120 Å². The van der Waals surface area contributed by atoms with E-state index in [0.29, 0.717) is 32.8 Å². The average molecular weight is 286 g/mol. The number of carbonyl (C=O) groups excluding carboxylic acids is 1. The summed E-state index contributed by atoms with van der Waals surface area (Å²) >= 11 is 0. The van der Waals surface area contributed by atoms with Gasteiger partial charge in [0.2, 0.25) is 5.91 Å². The summed E-state index contributed by atoms with van der Waals surface area (Å²) in [6.45, 7) is 4.82. The standard InChI is InChI=1S/C14H26N2O4/c1-19-9-10-20-8-7-16-6-3-12(17)14(11-16)4-2-5-15-13(14)18/h12,17H,2-11H2,1H3,(H,15,18)/t12-,14-/m1/s1. The molecule has 2 fully saturated rings. The molecule has 116 valence electrons. The van der Waals surface area contributed by atoms with Gasteiger partial charge in [-0.1, -0.05) is 0 Å². The molecule has 0 aromatic carbocycles. The van der Waals surface area contributed by atoms with E-state index in [4.69, 9.17) is 9.47 Å². The molecule has 6 nitrogen and oxygen atoms in total. The van der Waals surface area contributed by atoms with Gasteiger partial charge in [-0.3, -0.25) is 9.69 Å². The van der Waals surface area contributed by atoms with Gasteiger partial charge in [0, 0.05) is 33.3 Å². The van der Waals surface area contributed by atoms with Crippen LogP contribution in [0.1, 0.15) is 19.3 Å². The summed E-state index contributed by atoms with van der Waals surface area (Å²) in [4.78, 5) is 14.4. The predicted octanol–water partition coefficient (Wildman–Crippen LogP) is -0.388. The second-order valence-corrected chi connectivity index (χ2v) is 5.70. The first-order valence-electron chi connectivity index (χ1n) is 7.44. The summed E-state index contributed by atoms with van der Waals surface area (Å²) in [6, 6.07) is 0. The molecule has 1 spiro atoms. The Morgan fingerprint density at radius 2 is 2.30 bits per heavy atom. The Kier molecular flexibility index (Phi) is 5.77. The van der Waals surface area contributed by atoms with Gasteiger partial charge in [0.1, 0.15) is 0 Å². The monoisotopic (exact) mass is 286 g/mol. The second kappa shape index (κ2) is 7.36. The highest BCUT2D eigenvalue weighted by Gasteiger charge is 2.49. The molecule has 20 heavy (non-hydrogen) atoms. The van der Waals surface area contributed by atoms with Crippen LogP contribution in [-0.4, -0.2) is 75.1 Å². The number of methoxy groups -OCH3 is 1. The van der Waals surface area contributed by atoms with Crippen molar-refractivity contribution in [1.29, 1.82) is 0 Å². The first-order chi connectivity index (χ1) is 9.69. The molecule has 2 rings (SSSR count). The van der Waals surface area contributed by atoms with Crippen LogP contribution in [0.3, 0.4) is 0 Å². The maximum atomic E-state index is 12.2. The number of rotatable bonds is 6. The highest BCUT2D eigenvalue weighted by Crippen LogP contribution is 2.37. The maximum Gasteiger partial charge on any atom is 0.230 e. The van der Waals surface area contributed by atoms with E-state index in [1.54, 1.807) is 7.11 Å². The molecule has 2 aliphatic rings. The Hall–Kier alpha value is -0.690. The molecule has 2 atom stereocenters. The van der Waals surface area contributed by atoms with Crippen LogP contribution in [0.2, 0.25) is 0 Å². The van der Waals surface area contributed by atoms with E-state index >= 15 is 0 Å². The van der Waals surface area contributed by atoms with Crippen molar-refractivity contribution in [3.05, 3.63) is 0 Å². The van der Waals surface area contributed by atoms with Crippen LogP contribution in [0, 0.1) is 5.41 Å². The molecule has 0 aliphatic carbocycles. The Bertz CT molecular complexity index is 326. The molecule has 0 saturated carbocycles. The third-order valence-electron chi connectivity index (χ3n) is 4.38. The van der Waals surface area contributed by atoms with E-state index in [0.717, 1.165) is 32.5 Å². The summed E-state index contributed by atoms with van der Waals surface area (Å²) in [5.74, 6) is 0.0150. The molecular formula is C14H26N2O4. The normalized spacial score (nSPS) is 31.5. The van der Waals surface area contributed by atoms with E-state index in [-0.39, 0.29) is 5.91 Å². The fourth-order valence-electron chi connectivity index (χ4n) is 3.16. The van der Waals surface area contributed by atoms with Gasteiger partial charge in [-0.05, 0) is 19.3 Å². The molecule has 0 bridgehead atoms. The quantitative estimate of drug-likeness (QED) is 0.651. The van der Waals surface area contributed by atoms with Crippen molar-refractivity contribution in [3.8, 4) is 0 Å². The minimum absolute atomic E-state index is 0.0150. The van der Waals surface area contributed by atoms with Crippen molar-refractivity contribution in [1.82, 2.24) is 10.2 Å². The summed E-state index contributed by atoms with van der Waals surface area (Å²) in [7, 11) is 1.65. The molecule has 2 N–H and O–H groups in total. The zero-order valence-corrected chi connectivity index (χ0v) is 12.3. The topological polar surface area (TPSA) is 71.0 Å². The summed E-state index contributed by atoms with van der Waals surface area (Å²) in [5.41, 5.74) is -0.608. The van der Waals surface area contributed by atoms with Crippen molar-refractivity contribution in [2.45, 2.75) is 25.4 Å². The number of hydrogen-bond donors (Lipinski definition) is 2. The Balaban J connectivity index is 1.83. The molecule has 2 aliphatic heterocycles. The highest BCUT2D eigenvalue weighted by atomic mass is 16.5. The number of nitrogens with one attached hydrogen (secondary N) is 1. The molecule has 2 heterocycles. The molecular weight excluding hydrogens is 260 g/mol. The zero-order chi connectivity index (χ0) is 14.4. The Morgan fingerprint density at radius 1 is 1.45 bits per heavy atom. The lowest BCUT2D eigenvalue weighted by Gasteiger charge is -2.46. The SMILES string of the molecule is COCCOCCN1CC[C@@H](O)[C@@]2(CCCNC2=O)C1. The molecule has 0 aromatic rings. The third-order valence-corrected chi connectivity index (χ3v) is 4.38. The van der Waals surface area contributed by atoms with Crippen LogP contribution in [-0.2, 0) is 14.3 Å². The van der Waals surface area contributed by atoms with Gasteiger partial charge in [-0.2, -0.15) is 0 Å². The molecule has 2 saturated heterocycles. The van der Waals surface area contributed by atoms with Crippen LogP contribution in [0.25, 0.3) is 0 Å². The van der Waals surface area contributed by atoms with Gasteiger partial charge in [0.05, 0.1) is 31.3 Å². The van der Waals surface area contributed by atoms with E-state index < -0.39 is 11.5 Å². The maximum absolute atomic E-state index is 12.2. The number of amides is 1. The molecule has 1 amide bonds. The highest BCUT2D eigenvalue weighted by molar-refractivity contribution is 5.84. The van der Waals surface area contributed by atoms with Crippen molar-refractivity contribution in [3.63, 3.8) is 0 Å². The lowest BCUT2D eigenvalue weighted by molar-refractivity contribution is -0.149. The van der Waals surface area contributed by atoms with Crippen LogP contribution in [0.4, 0.5) is 0 Å². The summed E-state index contributed by atoms with van der Waals surface area (Å²) < 4.78 is 10.4. The van der Waals surface area contributed by atoms with E-state index in [1.165, 1.54) is 0 Å². The number of carbonyl (C=O) groups is 1. The van der Waals surface area contributed by atoms with Crippen LogP contribution in [0.5, 0.6) is 0 Å². The first kappa shape index (κ1) is 15.7. The van der Waals surface area contributed by atoms with E-state index in [2.05, 4.69) is 10.2 Å². The van der Waals surface area contributed by atoms with Gasteiger partial charge in [0.15, 0.2) is 0 Å². The number of ether oxygens (including phenoxy) is 2. The molecule has 0 aromatic heterocycles. The van der Waals surface area contributed by atoms with Gasteiger partial charge in [-0.25, -0.2) is 0 Å². The number of piperidine rings is 2. The largest absolute Gasteiger partial charge is 0.392 e. The number of nitrogens with zero attached hydrogens (tertiary/aromatic N) is 1. The third kappa shape index (κ3) is 3.49.